The van der Waals surface area contributed by atoms with Crippen LogP contribution in [0.3, 0.4) is 0 Å². The van der Waals surface area contributed by atoms with Crippen molar-refractivity contribution in [1.29, 1.82) is 0 Å². The molecule has 0 bridgehead atoms. The molecule has 43 heavy (non-hydrogen) atoms. The van der Waals surface area contributed by atoms with E-state index in [-0.39, 0.29) is 5.75 Å². The first-order valence-electron chi connectivity index (χ1n) is 19.4. The van der Waals surface area contributed by atoms with Crippen molar-refractivity contribution >= 4 is 25.0 Å². The summed E-state index contributed by atoms with van der Waals surface area (Å²) in [6.45, 7) is 13.1. The summed E-state index contributed by atoms with van der Waals surface area (Å²) >= 11 is 0. The van der Waals surface area contributed by atoms with Crippen molar-refractivity contribution in [3.63, 3.8) is 0 Å². The molecule has 0 aromatic rings. The van der Waals surface area contributed by atoms with Gasteiger partial charge in [0.1, 0.15) is 0 Å². The van der Waals surface area contributed by atoms with Crippen molar-refractivity contribution in [2.24, 2.45) is 0 Å². The zero-order valence-corrected chi connectivity index (χ0v) is 33.5. The molecule has 0 saturated heterocycles. The van der Waals surface area contributed by atoms with Crippen LogP contribution in [0.1, 0.15) is 182 Å². The Bertz CT molecular complexity index is 701. The Morgan fingerprint density at radius 2 is 0.698 bits per heavy atom. The van der Waals surface area contributed by atoms with Crippen molar-refractivity contribution in [3.8, 4) is 0 Å². The van der Waals surface area contributed by atoms with Crippen molar-refractivity contribution in [3.05, 3.63) is 0 Å². The van der Waals surface area contributed by atoms with Gasteiger partial charge in [-0.3, -0.25) is 0 Å². The van der Waals surface area contributed by atoms with E-state index < -0.39 is 25.0 Å². The number of rotatable bonds is 33. The second-order valence-corrected chi connectivity index (χ2v) is 28.7. The molecule has 0 aliphatic carbocycles. The molecular formula is C37H81O3PSSi. The standard InChI is InChI=1S/C37H81O3PSSi/c1-8-12-16-20-21-22-23-24-25-26-27-31-35-41(32-28-17-13-9-2,33-29-18-14-10-3,34-30-19-15-11-4)40-42(38,39)36-37-43(5,6)7/h8-37H2,1-7H3. The van der Waals surface area contributed by atoms with Crippen LogP contribution < -0.4 is 0 Å². The van der Waals surface area contributed by atoms with Gasteiger partial charge < -0.3 is 0 Å². The minimum absolute atomic E-state index is 0.234. The monoisotopic (exact) mass is 665 g/mol. The maximum atomic E-state index is 13.9. The van der Waals surface area contributed by atoms with Crippen LogP contribution in [0.15, 0.2) is 0 Å². The van der Waals surface area contributed by atoms with Crippen LogP contribution in [-0.2, 0) is 14.1 Å². The van der Waals surface area contributed by atoms with Crippen LogP contribution in [-0.4, -0.2) is 46.9 Å². The van der Waals surface area contributed by atoms with E-state index in [1.165, 1.54) is 128 Å². The molecule has 0 amide bonds. The minimum atomic E-state index is -3.53. The third-order valence-electron chi connectivity index (χ3n) is 9.74. The third-order valence-corrected chi connectivity index (χ3v) is 20.9. The average molecular weight is 665 g/mol. The average Bonchev–Trinajstić information content (AvgIpc) is 2.95. The summed E-state index contributed by atoms with van der Waals surface area (Å²) in [5.74, 6) is 0.234. The molecule has 0 rings (SSSR count). The molecule has 6 heteroatoms. The Morgan fingerprint density at radius 3 is 0.977 bits per heavy atom. The molecule has 262 valence electrons. The summed E-state index contributed by atoms with van der Waals surface area (Å²) in [5, 5.41) is 0. The Balaban J connectivity index is 5.76. The fourth-order valence-electron chi connectivity index (χ4n) is 6.78. The van der Waals surface area contributed by atoms with Gasteiger partial charge in [0.05, 0.1) is 0 Å². The second-order valence-electron chi connectivity index (χ2n) is 15.5. The molecule has 0 spiro atoms. The second kappa shape index (κ2) is 25.6. The first-order chi connectivity index (χ1) is 20.5. The fraction of sp³-hybridized carbons (Fsp3) is 1.00. The first-order valence-corrected chi connectivity index (χ1v) is 27.6. The normalized spacial score (nSPS) is 13.8. The van der Waals surface area contributed by atoms with Gasteiger partial charge in [-0.25, -0.2) is 0 Å². The van der Waals surface area contributed by atoms with Crippen LogP contribution in [0.4, 0.5) is 0 Å². The van der Waals surface area contributed by atoms with Crippen LogP contribution in [0.2, 0.25) is 25.7 Å². The first kappa shape index (κ1) is 43.6. The summed E-state index contributed by atoms with van der Waals surface area (Å²) in [6, 6.07) is 0.807. The molecule has 0 aromatic heterocycles. The molecule has 0 N–H and O–H groups in total. The molecular weight excluding hydrogens is 584 g/mol. The van der Waals surface area contributed by atoms with Gasteiger partial charge in [-0.15, -0.1) is 0 Å². The molecule has 0 atom stereocenters. The Morgan fingerprint density at radius 1 is 0.442 bits per heavy atom. The Hall–Kier alpha value is 0.557. The van der Waals surface area contributed by atoms with Gasteiger partial charge in [0.15, 0.2) is 0 Å². The van der Waals surface area contributed by atoms with Crippen molar-refractivity contribution in [1.82, 2.24) is 0 Å². The zero-order chi connectivity index (χ0) is 32.4. The molecule has 0 aromatic carbocycles. The predicted molar refractivity (Wildman–Crippen MR) is 203 cm³/mol. The van der Waals surface area contributed by atoms with E-state index in [1.807, 2.05) is 0 Å². The molecule has 0 aliphatic heterocycles. The van der Waals surface area contributed by atoms with Crippen LogP contribution in [0.5, 0.6) is 0 Å². The van der Waals surface area contributed by atoms with E-state index in [1.54, 1.807) is 0 Å². The maximum absolute atomic E-state index is 13.9. The van der Waals surface area contributed by atoms with Crippen LogP contribution in [0.25, 0.3) is 0 Å². The number of unbranched alkanes of at least 4 members (excludes halogenated alkanes) is 20. The molecule has 0 aliphatic rings. The van der Waals surface area contributed by atoms with Gasteiger partial charge in [-0.1, -0.05) is 13.3 Å². The van der Waals surface area contributed by atoms with Gasteiger partial charge in [-0.2, -0.15) is 0 Å². The summed E-state index contributed by atoms with van der Waals surface area (Å²) in [4.78, 5) is 0. The molecule has 0 saturated carbocycles. The van der Waals surface area contributed by atoms with Crippen molar-refractivity contribution in [2.75, 3.05) is 30.4 Å². The Labute approximate surface area is 274 Å². The van der Waals surface area contributed by atoms with E-state index in [0.29, 0.717) is 0 Å². The number of hydrogen-bond donors (Lipinski definition) is 0. The van der Waals surface area contributed by atoms with E-state index >= 15 is 0 Å². The molecule has 3 nitrogen and oxygen atoms in total. The summed E-state index contributed by atoms with van der Waals surface area (Å²) < 4.78 is 34.8. The third kappa shape index (κ3) is 23.5. The molecule has 0 unspecified atom stereocenters. The van der Waals surface area contributed by atoms with Gasteiger partial charge in [0, 0.05) is 0 Å². The van der Waals surface area contributed by atoms with E-state index in [0.717, 1.165) is 56.4 Å². The van der Waals surface area contributed by atoms with E-state index in [9.17, 15) is 8.42 Å². The molecule has 0 radical (unpaired) electrons. The van der Waals surface area contributed by atoms with Crippen LogP contribution in [0, 0.1) is 0 Å². The molecule has 0 heterocycles. The zero-order valence-electron chi connectivity index (χ0n) is 30.8. The van der Waals surface area contributed by atoms with Gasteiger partial charge in [0.2, 0.25) is 0 Å². The summed E-state index contributed by atoms with van der Waals surface area (Å²) in [6.07, 6.45) is 34.8. The van der Waals surface area contributed by atoms with Crippen molar-refractivity contribution < 1.29 is 12.4 Å². The summed E-state index contributed by atoms with van der Waals surface area (Å²) in [7, 11) is -5.01. The SMILES string of the molecule is CCCCCCCCCCCCCCP(CCCCCC)(CCCCCC)(CCCCCC)OS(=O)(=O)CC[Si](C)(C)C. The van der Waals surface area contributed by atoms with Gasteiger partial charge >= 0.3 is 262 Å². The van der Waals surface area contributed by atoms with E-state index in [4.69, 9.17) is 3.97 Å². The summed E-state index contributed by atoms with van der Waals surface area (Å²) in [5.41, 5.74) is 0. The Kier molecular flexibility index (Phi) is 26.0. The van der Waals surface area contributed by atoms with Crippen LogP contribution >= 0.6 is 6.83 Å². The van der Waals surface area contributed by atoms with E-state index in [2.05, 4.69) is 47.3 Å². The predicted octanol–water partition coefficient (Wildman–Crippen LogP) is 13.6. The molecule has 0 fully saturated rings. The quantitative estimate of drug-likeness (QED) is 0.0398. The van der Waals surface area contributed by atoms with Crippen molar-refractivity contribution in [2.45, 2.75) is 207 Å². The fourth-order valence-corrected chi connectivity index (χ4v) is 19.7. The van der Waals surface area contributed by atoms with Gasteiger partial charge in [-0.05, 0) is 0 Å². The topological polar surface area (TPSA) is 43.4 Å². The van der Waals surface area contributed by atoms with Gasteiger partial charge in [0.25, 0.3) is 0 Å². The number of hydrogen-bond acceptors (Lipinski definition) is 3.